The molecule has 0 radical (unpaired) electrons. The van der Waals surface area contributed by atoms with Gasteiger partial charge in [0.1, 0.15) is 10.7 Å². The SMILES string of the molecule is CCC1=NS(=O)(=O)c2cc(C#N)ccc2N1. The highest BCUT2D eigenvalue weighted by atomic mass is 32.2. The summed E-state index contributed by atoms with van der Waals surface area (Å²) in [4.78, 5) is 0.0590. The molecule has 0 bridgehead atoms. The van der Waals surface area contributed by atoms with Crippen LogP contribution in [0.2, 0.25) is 0 Å². The maximum atomic E-state index is 11.8. The largest absolute Gasteiger partial charge is 0.342 e. The van der Waals surface area contributed by atoms with Crippen LogP contribution in [0.5, 0.6) is 0 Å². The zero-order valence-corrected chi connectivity index (χ0v) is 9.37. The molecule has 2 rings (SSSR count). The number of anilines is 1. The van der Waals surface area contributed by atoms with Crippen molar-refractivity contribution >= 4 is 21.5 Å². The van der Waals surface area contributed by atoms with E-state index in [0.717, 1.165) is 0 Å². The van der Waals surface area contributed by atoms with Crippen molar-refractivity contribution in [3.8, 4) is 6.07 Å². The van der Waals surface area contributed by atoms with Gasteiger partial charge in [-0.1, -0.05) is 6.92 Å². The van der Waals surface area contributed by atoms with Gasteiger partial charge >= 0.3 is 0 Å². The average molecular weight is 235 g/mol. The molecule has 0 amide bonds. The number of hydrogen-bond acceptors (Lipinski definition) is 4. The Morgan fingerprint density at radius 2 is 2.25 bits per heavy atom. The Morgan fingerprint density at radius 1 is 1.50 bits per heavy atom. The van der Waals surface area contributed by atoms with Crippen molar-refractivity contribution < 1.29 is 8.42 Å². The second kappa shape index (κ2) is 3.61. The molecule has 0 unspecified atom stereocenters. The van der Waals surface area contributed by atoms with E-state index in [9.17, 15) is 8.42 Å². The minimum absolute atomic E-state index is 0.0590. The standard InChI is InChI=1S/C10H9N3O2S/c1-2-10-12-8-4-3-7(6-11)5-9(8)16(14,15)13-10/h3-5H,2H2,1H3,(H,12,13). The number of amidine groups is 1. The third-order valence-corrected chi connectivity index (χ3v) is 3.59. The summed E-state index contributed by atoms with van der Waals surface area (Å²) >= 11 is 0. The van der Waals surface area contributed by atoms with Crippen molar-refractivity contribution in [3.63, 3.8) is 0 Å². The molecule has 1 aliphatic heterocycles. The summed E-state index contributed by atoms with van der Waals surface area (Å²) in [5.41, 5.74) is 0.783. The second-order valence-corrected chi connectivity index (χ2v) is 4.89. The Labute approximate surface area is 93.5 Å². The van der Waals surface area contributed by atoms with E-state index in [2.05, 4.69) is 9.71 Å². The van der Waals surface area contributed by atoms with Gasteiger partial charge in [0.15, 0.2) is 0 Å². The fourth-order valence-corrected chi connectivity index (χ4v) is 2.67. The Morgan fingerprint density at radius 3 is 2.88 bits per heavy atom. The minimum atomic E-state index is -3.66. The molecule has 1 N–H and O–H groups in total. The maximum Gasteiger partial charge on any atom is 0.286 e. The summed E-state index contributed by atoms with van der Waals surface area (Å²) in [6, 6.07) is 6.37. The molecule has 6 heteroatoms. The molecule has 0 aromatic heterocycles. The Hall–Kier alpha value is -1.87. The Kier molecular flexibility index (Phi) is 2.40. The third kappa shape index (κ3) is 1.66. The first kappa shape index (κ1) is 10.6. The van der Waals surface area contributed by atoms with Crippen molar-refractivity contribution in [2.75, 3.05) is 5.32 Å². The lowest BCUT2D eigenvalue weighted by atomic mass is 10.2. The minimum Gasteiger partial charge on any atom is -0.342 e. The number of rotatable bonds is 1. The first-order valence-electron chi connectivity index (χ1n) is 4.72. The summed E-state index contributed by atoms with van der Waals surface area (Å²) in [6.07, 6.45) is 0.513. The highest BCUT2D eigenvalue weighted by molar-refractivity contribution is 7.90. The van der Waals surface area contributed by atoms with Crippen LogP contribution < -0.4 is 5.32 Å². The molecule has 1 aliphatic rings. The quantitative estimate of drug-likeness (QED) is 0.799. The molecule has 0 saturated carbocycles. The van der Waals surface area contributed by atoms with E-state index in [-0.39, 0.29) is 4.90 Å². The predicted molar refractivity (Wildman–Crippen MR) is 59.7 cm³/mol. The van der Waals surface area contributed by atoms with Crippen LogP contribution in [0, 0.1) is 11.3 Å². The van der Waals surface area contributed by atoms with Gasteiger partial charge in [0.25, 0.3) is 10.0 Å². The monoisotopic (exact) mass is 235 g/mol. The van der Waals surface area contributed by atoms with Gasteiger partial charge in [-0.05, 0) is 18.2 Å². The van der Waals surface area contributed by atoms with E-state index >= 15 is 0 Å². The smallest absolute Gasteiger partial charge is 0.286 e. The lowest BCUT2D eigenvalue weighted by Gasteiger charge is -2.17. The van der Waals surface area contributed by atoms with Crippen molar-refractivity contribution in [2.24, 2.45) is 4.40 Å². The van der Waals surface area contributed by atoms with Crippen LogP contribution in [0.4, 0.5) is 5.69 Å². The van der Waals surface area contributed by atoms with Crippen LogP contribution in [0.15, 0.2) is 27.5 Å². The number of benzene rings is 1. The van der Waals surface area contributed by atoms with Gasteiger partial charge in [0.05, 0.1) is 17.3 Å². The van der Waals surface area contributed by atoms with Gasteiger partial charge < -0.3 is 5.32 Å². The number of fused-ring (bicyclic) bond motifs is 1. The molecule has 1 aromatic rings. The third-order valence-electron chi connectivity index (χ3n) is 2.23. The van der Waals surface area contributed by atoms with Crippen molar-refractivity contribution in [2.45, 2.75) is 18.2 Å². The summed E-state index contributed by atoms with van der Waals surface area (Å²) < 4.78 is 27.2. The van der Waals surface area contributed by atoms with Gasteiger partial charge in [-0.2, -0.15) is 13.7 Å². The molecule has 1 heterocycles. The number of sulfonamides is 1. The Balaban J connectivity index is 2.65. The Bertz CT molecular complexity index is 611. The van der Waals surface area contributed by atoms with Gasteiger partial charge in [0, 0.05) is 6.42 Å². The lowest BCUT2D eigenvalue weighted by Crippen LogP contribution is -2.20. The fraction of sp³-hybridized carbons (Fsp3) is 0.200. The molecule has 16 heavy (non-hydrogen) atoms. The number of hydrogen-bond donors (Lipinski definition) is 1. The van der Waals surface area contributed by atoms with E-state index in [1.165, 1.54) is 6.07 Å². The van der Waals surface area contributed by atoms with Gasteiger partial charge in [-0.3, -0.25) is 0 Å². The maximum absolute atomic E-state index is 11.8. The molecule has 82 valence electrons. The zero-order valence-electron chi connectivity index (χ0n) is 8.56. The van der Waals surface area contributed by atoms with E-state index < -0.39 is 10.0 Å². The molecule has 1 aromatic carbocycles. The van der Waals surface area contributed by atoms with Crippen LogP contribution in [-0.4, -0.2) is 14.3 Å². The van der Waals surface area contributed by atoms with Crippen molar-refractivity contribution in [1.82, 2.24) is 0 Å². The molecular weight excluding hydrogens is 226 g/mol. The zero-order chi connectivity index (χ0) is 11.8. The molecule has 0 fully saturated rings. The highest BCUT2D eigenvalue weighted by Crippen LogP contribution is 2.28. The van der Waals surface area contributed by atoms with Crippen molar-refractivity contribution in [1.29, 1.82) is 5.26 Å². The topological polar surface area (TPSA) is 82.3 Å². The second-order valence-electron chi connectivity index (χ2n) is 3.31. The first-order valence-corrected chi connectivity index (χ1v) is 6.16. The van der Waals surface area contributed by atoms with Crippen molar-refractivity contribution in [3.05, 3.63) is 23.8 Å². The van der Waals surface area contributed by atoms with Gasteiger partial charge in [-0.15, -0.1) is 4.40 Å². The van der Waals surface area contributed by atoms with E-state index in [1.807, 2.05) is 13.0 Å². The normalized spacial score (nSPS) is 16.6. The van der Waals surface area contributed by atoms with Crippen LogP contribution >= 0.6 is 0 Å². The fourth-order valence-electron chi connectivity index (χ4n) is 1.43. The molecule has 0 spiro atoms. The molecule has 0 aliphatic carbocycles. The number of nitrogens with zero attached hydrogens (tertiary/aromatic N) is 2. The van der Waals surface area contributed by atoms with Gasteiger partial charge in [0.2, 0.25) is 0 Å². The lowest BCUT2D eigenvalue weighted by molar-refractivity contribution is 0.597. The van der Waals surface area contributed by atoms with Crippen LogP contribution in [0.3, 0.4) is 0 Å². The summed E-state index contributed by atoms with van der Waals surface area (Å²) in [5, 5.41) is 11.6. The molecule has 0 saturated heterocycles. The number of nitriles is 1. The predicted octanol–water partition coefficient (Wildman–Crippen LogP) is 1.48. The van der Waals surface area contributed by atoms with Crippen LogP contribution in [0.25, 0.3) is 0 Å². The summed E-state index contributed by atoms with van der Waals surface area (Å²) in [5.74, 6) is 0.414. The molecular formula is C10H9N3O2S. The number of nitrogens with one attached hydrogen (secondary N) is 1. The first-order chi connectivity index (χ1) is 7.56. The van der Waals surface area contributed by atoms with Crippen LogP contribution in [0.1, 0.15) is 18.9 Å². The average Bonchev–Trinajstić information content (AvgIpc) is 2.27. The van der Waals surface area contributed by atoms with E-state index in [4.69, 9.17) is 5.26 Å². The highest BCUT2D eigenvalue weighted by Gasteiger charge is 2.24. The summed E-state index contributed by atoms with van der Waals surface area (Å²) in [7, 11) is -3.66. The van der Waals surface area contributed by atoms with E-state index in [0.29, 0.717) is 23.5 Å². The summed E-state index contributed by atoms with van der Waals surface area (Å²) in [6.45, 7) is 1.82. The molecule has 5 nitrogen and oxygen atoms in total. The molecule has 0 atom stereocenters. The van der Waals surface area contributed by atoms with Gasteiger partial charge in [-0.25, -0.2) is 0 Å². The van der Waals surface area contributed by atoms with Crippen LogP contribution in [-0.2, 0) is 10.0 Å². The van der Waals surface area contributed by atoms with E-state index in [1.54, 1.807) is 12.1 Å².